The van der Waals surface area contributed by atoms with Gasteiger partial charge in [-0.2, -0.15) is 4.31 Å². The number of methoxy groups -OCH3 is 1. The van der Waals surface area contributed by atoms with Gasteiger partial charge < -0.3 is 10.5 Å². The number of nitrogens with two attached hydrogens (primary N) is 1. The number of hydrogen-bond acceptors (Lipinski definition) is 6. The van der Waals surface area contributed by atoms with Crippen LogP contribution in [0.3, 0.4) is 0 Å². The van der Waals surface area contributed by atoms with Crippen molar-refractivity contribution in [3.63, 3.8) is 0 Å². The highest BCUT2D eigenvalue weighted by molar-refractivity contribution is 7.91. The van der Waals surface area contributed by atoms with E-state index < -0.39 is 21.9 Å². The van der Waals surface area contributed by atoms with Gasteiger partial charge in [0, 0.05) is 13.6 Å². The smallest absolute Gasteiger partial charge is 0.309 e. The first-order valence-corrected chi connectivity index (χ1v) is 8.30. The summed E-state index contributed by atoms with van der Waals surface area (Å²) < 4.78 is 30.5. The Morgan fingerprint density at radius 3 is 2.60 bits per heavy atom. The molecule has 112 valence electrons. The average Bonchev–Trinajstić information content (AvgIpc) is 2.87. The second-order valence-corrected chi connectivity index (χ2v) is 7.99. The van der Waals surface area contributed by atoms with E-state index in [-0.39, 0.29) is 15.7 Å². The van der Waals surface area contributed by atoms with Crippen LogP contribution in [0.4, 0.5) is 0 Å². The van der Waals surface area contributed by atoms with Gasteiger partial charge in [0.25, 0.3) is 10.0 Å². The van der Waals surface area contributed by atoms with E-state index in [0.29, 0.717) is 4.88 Å². The maximum Gasteiger partial charge on any atom is 0.309 e. The monoisotopic (exact) mass is 336 g/mol. The zero-order valence-corrected chi connectivity index (χ0v) is 13.8. The number of ether oxygens (including phenoxy) is 1. The van der Waals surface area contributed by atoms with E-state index in [4.69, 9.17) is 18.0 Å². The highest BCUT2D eigenvalue weighted by Crippen LogP contribution is 2.24. The molecular weight excluding hydrogens is 320 g/mol. The van der Waals surface area contributed by atoms with Gasteiger partial charge in [-0.3, -0.25) is 4.79 Å². The lowest BCUT2D eigenvalue weighted by Crippen LogP contribution is -2.33. The fourth-order valence-corrected chi connectivity index (χ4v) is 4.33. The molecule has 1 aromatic rings. The summed E-state index contributed by atoms with van der Waals surface area (Å²) in [5, 5.41) is 0. The standard InChI is InChI=1S/C11H16N2O4S3/c1-7(11(14)17-3)6-13(2)20(15,16)9-5-4-8(19-9)10(12)18/h4-5,7H,6H2,1-3H3,(H2,12,18). The Bertz CT molecular complexity index is 609. The van der Waals surface area contributed by atoms with E-state index in [1.54, 1.807) is 13.0 Å². The highest BCUT2D eigenvalue weighted by atomic mass is 32.2. The molecule has 0 amide bonds. The lowest BCUT2D eigenvalue weighted by atomic mass is 10.2. The largest absolute Gasteiger partial charge is 0.469 e. The van der Waals surface area contributed by atoms with Crippen molar-refractivity contribution in [2.45, 2.75) is 11.1 Å². The molecule has 0 bridgehead atoms. The Morgan fingerprint density at radius 2 is 2.15 bits per heavy atom. The van der Waals surface area contributed by atoms with Gasteiger partial charge in [0.15, 0.2) is 0 Å². The van der Waals surface area contributed by atoms with Crippen LogP contribution < -0.4 is 5.73 Å². The molecule has 1 aromatic heterocycles. The molecule has 0 saturated carbocycles. The fourth-order valence-electron chi connectivity index (χ4n) is 1.50. The number of thiocarbonyl (C=S) groups is 1. The maximum atomic E-state index is 12.3. The number of carbonyl (C=O) groups excluding carboxylic acids is 1. The molecule has 0 spiro atoms. The van der Waals surface area contributed by atoms with Gasteiger partial charge in [0.05, 0.1) is 17.9 Å². The summed E-state index contributed by atoms with van der Waals surface area (Å²) in [5.41, 5.74) is 5.46. The average molecular weight is 336 g/mol. The Morgan fingerprint density at radius 1 is 1.55 bits per heavy atom. The summed E-state index contributed by atoms with van der Waals surface area (Å²) in [6.07, 6.45) is 0. The maximum absolute atomic E-state index is 12.3. The molecule has 0 aromatic carbocycles. The van der Waals surface area contributed by atoms with Gasteiger partial charge in [-0.25, -0.2) is 8.42 Å². The van der Waals surface area contributed by atoms with Crippen LogP contribution in [0.25, 0.3) is 0 Å². The fraction of sp³-hybridized carbons (Fsp3) is 0.455. The third kappa shape index (κ3) is 3.75. The normalized spacial score (nSPS) is 13.2. The van der Waals surface area contributed by atoms with Crippen molar-refractivity contribution in [1.82, 2.24) is 4.31 Å². The van der Waals surface area contributed by atoms with Gasteiger partial charge in [0.2, 0.25) is 0 Å². The van der Waals surface area contributed by atoms with Crippen molar-refractivity contribution in [3.05, 3.63) is 17.0 Å². The van der Waals surface area contributed by atoms with Crippen LogP contribution in [-0.2, 0) is 19.6 Å². The van der Waals surface area contributed by atoms with Crippen molar-refractivity contribution in [2.24, 2.45) is 11.7 Å². The lowest BCUT2D eigenvalue weighted by Gasteiger charge is -2.19. The zero-order valence-electron chi connectivity index (χ0n) is 11.3. The summed E-state index contributed by atoms with van der Waals surface area (Å²) in [6.45, 7) is 1.64. The number of sulfonamides is 1. The first-order chi connectivity index (χ1) is 9.20. The van der Waals surface area contributed by atoms with Gasteiger partial charge in [-0.1, -0.05) is 19.1 Å². The summed E-state index contributed by atoms with van der Waals surface area (Å²) in [4.78, 5) is 12.0. The SMILES string of the molecule is COC(=O)C(C)CN(C)S(=O)(=O)c1ccc(C(N)=S)s1. The molecular formula is C11H16N2O4S3. The van der Waals surface area contributed by atoms with Crippen LogP contribution in [0.15, 0.2) is 16.3 Å². The molecule has 0 aliphatic heterocycles. The number of esters is 1. The van der Waals surface area contributed by atoms with Crippen molar-refractivity contribution in [2.75, 3.05) is 20.7 Å². The van der Waals surface area contributed by atoms with Gasteiger partial charge in [-0.15, -0.1) is 11.3 Å². The van der Waals surface area contributed by atoms with E-state index in [1.165, 1.54) is 20.2 Å². The van der Waals surface area contributed by atoms with E-state index in [9.17, 15) is 13.2 Å². The van der Waals surface area contributed by atoms with Crippen LogP contribution in [0, 0.1) is 5.92 Å². The Kier molecular flexibility index (Phi) is 5.63. The summed E-state index contributed by atoms with van der Waals surface area (Å²) in [7, 11) is -0.983. The molecule has 0 aliphatic rings. The minimum Gasteiger partial charge on any atom is -0.469 e. The van der Waals surface area contributed by atoms with Crippen molar-refractivity contribution < 1.29 is 17.9 Å². The molecule has 0 fully saturated rings. The molecule has 1 atom stereocenters. The molecule has 1 rings (SSSR count). The van der Waals surface area contributed by atoms with E-state index in [0.717, 1.165) is 15.6 Å². The van der Waals surface area contributed by atoms with Gasteiger partial charge >= 0.3 is 5.97 Å². The first kappa shape index (κ1) is 17.0. The van der Waals surface area contributed by atoms with Crippen molar-refractivity contribution in [1.29, 1.82) is 0 Å². The number of thiophene rings is 1. The van der Waals surface area contributed by atoms with Gasteiger partial charge in [0.1, 0.15) is 9.20 Å². The molecule has 2 N–H and O–H groups in total. The number of hydrogen-bond donors (Lipinski definition) is 1. The predicted octanol–water partition coefficient (Wildman–Crippen LogP) is 0.812. The lowest BCUT2D eigenvalue weighted by molar-refractivity contribution is -0.144. The van der Waals surface area contributed by atoms with Crippen LogP contribution in [0.5, 0.6) is 0 Å². The van der Waals surface area contributed by atoms with E-state index >= 15 is 0 Å². The van der Waals surface area contributed by atoms with Crippen LogP contribution in [-0.4, -0.2) is 44.4 Å². The Hall–Kier alpha value is -1.03. The van der Waals surface area contributed by atoms with Gasteiger partial charge in [-0.05, 0) is 12.1 Å². The second kappa shape index (κ2) is 6.61. The molecule has 0 radical (unpaired) electrons. The number of rotatable bonds is 6. The van der Waals surface area contributed by atoms with Crippen LogP contribution in [0.2, 0.25) is 0 Å². The third-order valence-corrected chi connectivity index (χ3v) is 6.38. The Labute approximate surface area is 127 Å². The van der Waals surface area contributed by atoms with Crippen molar-refractivity contribution in [3.8, 4) is 0 Å². The van der Waals surface area contributed by atoms with E-state index in [2.05, 4.69) is 4.74 Å². The molecule has 1 unspecified atom stereocenters. The molecule has 20 heavy (non-hydrogen) atoms. The third-order valence-electron chi connectivity index (χ3n) is 2.62. The minimum absolute atomic E-state index is 0.0370. The number of carbonyl (C=O) groups is 1. The predicted molar refractivity (Wildman–Crippen MR) is 81.2 cm³/mol. The number of nitrogens with zero attached hydrogens (tertiary/aromatic N) is 1. The zero-order chi connectivity index (χ0) is 15.5. The first-order valence-electron chi connectivity index (χ1n) is 5.64. The molecule has 9 heteroatoms. The topological polar surface area (TPSA) is 89.7 Å². The van der Waals surface area contributed by atoms with Crippen molar-refractivity contribution >= 4 is 44.5 Å². The van der Waals surface area contributed by atoms with Crippen LogP contribution in [0.1, 0.15) is 11.8 Å². The minimum atomic E-state index is -3.66. The quantitative estimate of drug-likeness (QED) is 0.611. The highest BCUT2D eigenvalue weighted by Gasteiger charge is 2.26. The molecule has 6 nitrogen and oxygen atoms in total. The summed E-state index contributed by atoms with van der Waals surface area (Å²) in [5.74, 6) is -1.00. The summed E-state index contributed by atoms with van der Waals surface area (Å²) >= 11 is 5.81. The molecule has 0 saturated heterocycles. The van der Waals surface area contributed by atoms with Crippen LogP contribution >= 0.6 is 23.6 Å². The summed E-state index contributed by atoms with van der Waals surface area (Å²) in [6, 6.07) is 3.02. The van der Waals surface area contributed by atoms with E-state index in [1.807, 2.05) is 0 Å². The molecule has 0 aliphatic carbocycles. The molecule has 1 heterocycles. The second-order valence-electron chi connectivity index (χ2n) is 4.19. The Balaban J connectivity index is 2.92.